The van der Waals surface area contributed by atoms with Gasteiger partial charge in [-0.2, -0.15) is 0 Å². The lowest BCUT2D eigenvalue weighted by molar-refractivity contribution is 0.567. The van der Waals surface area contributed by atoms with Crippen LogP contribution >= 0.6 is 0 Å². The van der Waals surface area contributed by atoms with Crippen molar-refractivity contribution in [2.24, 2.45) is 0 Å². The van der Waals surface area contributed by atoms with Gasteiger partial charge in [-0.1, -0.05) is 19.1 Å². The monoisotopic (exact) mass is 127 g/mol. The van der Waals surface area contributed by atoms with Crippen LogP contribution < -0.4 is 5.32 Å². The predicted octanol–water partition coefficient (Wildman–Crippen LogP) is 1.95. The van der Waals surface area contributed by atoms with Crippen LogP contribution in [0.5, 0.6) is 0 Å². The van der Waals surface area contributed by atoms with E-state index in [4.69, 9.17) is 0 Å². The Bertz CT molecular complexity index is 76.6. The van der Waals surface area contributed by atoms with E-state index in [-0.39, 0.29) is 0 Å². The first-order valence-corrected chi connectivity index (χ1v) is 3.65. The third-order valence-electron chi connectivity index (χ3n) is 1.43. The molecule has 0 aliphatic carbocycles. The van der Waals surface area contributed by atoms with Crippen molar-refractivity contribution in [1.82, 2.24) is 5.32 Å². The van der Waals surface area contributed by atoms with Crippen molar-refractivity contribution in [1.29, 1.82) is 0 Å². The zero-order valence-electron chi connectivity index (χ0n) is 6.65. The van der Waals surface area contributed by atoms with Gasteiger partial charge >= 0.3 is 0 Å². The Morgan fingerprint density at radius 3 is 2.67 bits per heavy atom. The molecule has 0 rings (SSSR count). The van der Waals surface area contributed by atoms with Gasteiger partial charge in [0.1, 0.15) is 0 Å². The fraction of sp³-hybridized carbons (Fsp3) is 0.750. The quantitative estimate of drug-likeness (QED) is 0.569. The second-order valence-electron chi connectivity index (χ2n) is 2.29. The van der Waals surface area contributed by atoms with E-state index in [0.29, 0.717) is 6.04 Å². The van der Waals surface area contributed by atoms with Crippen LogP contribution in [-0.4, -0.2) is 12.6 Å². The van der Waals surface area contributed by atoms with E-state index in [1.54, 1.807) is 0 Å². The first-order chi connectivity index (χ1) is 4.31. The van der Waals surface area contributed by atoms with Crippen LogP contribution in [0.1, 0.15) is 27.2 Å². The minimum atomic E-state index is 0.654. The van der Waals surface area contributed by atoms with E-state index in [9.17, 15) is 0 Å². The first kappa shape index (κ1) is 8.70. The molecule has 1 nitrogen and oxygen atoms in total. The number of rotatable bonds is 4. The average Bonchev–Trinajstić information content (AvgIpc) is 1.89. The summed E-state index contributed by atoms with van der Waals surface area (Å²) in [5.41, 5.74) is 0. The molecule has 1 atom stereocenters. The third-order valence-corrected chi connectivity index (χ3v) is 1.43. The van der Waals surface area contributed by atoms with Crippen LogP contribution in [0.25, 0.3) is 0 Å². The van der Waals surface area contributed by atoms with Gasteiger partial charge in [-0.25, -0.2) is 0 Å². The molecule has 0 saturated carbocycles. The molecule has 9 heavy (non-hydrogen) atoms. The Morgan fingerprint density at radius 1 is 1.56 bits per heavy atom. The summed E-state index contributed by atoms with van der Waals surface area (Å²) in [5.74, 6) is 0. The van der Waals surface area contributed by atoms with Crippen molar-refractivity contribution in [3.8, 4) is 0 Å². The molecule has 0 heterocycles. The topological polar surface area (TPSA) is 12.0 Å². The second-order valence-corrected chi connectivity index (χ2v) is 2.29. The van der Waals surface area contributed by atoms with Crippen molar-refractivity contribution in [2.75, 3.05) is 6.54 Å². The van der Waals surface area contributed by atoms with E-state index in [1.165, 1.54) is 6.42 Å². The SMILES string of the molecule is C/C=C/CN[C@@H](C)CC. The van der Waals surface area contributed by atoms with Crippen LogP contribution in [0.15, 0.2) is 12.2 Å². The highest BCUT2D eigenvalue weighted by Gasteiger charge is 1.91. The van der Waals surface area contributed by atoms with Gasteiger partial charge in [-0.15, -0.1) is 0 Å². The molecular formula is C8H17N. The zero-order valence-corrected chi connectivity index (χ0v) is 6.65. The van der Waals surface area contributed by atoms with Crippen molar-refractivity contribution in [3.63, 3.8) is 0 Å². The Morgan fingerprint density at radius 2 is 2.22 bits per heavy atom. The summed E-state index contributed by atoms with van der Waals surface area (Å²) in [6.07, 6.45) is 5.40. The van der Waals surface area contributed by atoms with Gasteiger partial charge in [0, 0.05) is 12.6 Å². The average molecular weight is 127 g/mol. The lowest BCUT2D eigenvalue weighted by Crippen LogP contribution is -2.24. The largest absolute Gasteiger partial charge is 0.311 e. The van der Waals surface area contributed by atoms with E-state index in [2.05, 4.69) is 31.3 Å². The van der Waals surface area contributed by atoms with E-state index in [0.717, 1.165) is 6.54 Å². The molecule has 0 aromatic rings. The molecule has 0 aliphatic heterocycles. The van der Waals surface area contributed by atoms with E-state index in [1.807, 2.05) is 6.92 Å². The van der Waals surface area contributed by atoms with Crippen molar-refractivity contribution in [2.45, 2.75) is 33.2 Å². The molecule has 0 fully saturated rings. The molecule has 0 amide bonds. The molecule has 0 unspecified atom stereocenters. The van der Waals surface area contributed by atoms with Gasteiger partial charge in [-0.05, 0) is 20.3 Å². The highest BCUT2D eigenvalue weighted by molar-refractivity contribution is 4.80. The maximum atomic E-state index is 3.35. The lowest BCUT2D eigenvalue weighted by atomic mass is 10.2. The van der Waals surface area contributed by atoms with Crippen LogP contribution in [-0.2, 0) is 0 Å². The summed E-state index contributed by atoms with van der Waals surface area (Å²) in [6, 6.07) is 0.654. The van der Waals surface area contributed by atoms with Crippen LogP contribution in [0.2, 0.25) is 0 Å². The molecule has 54 valence electrons. The smallest absolute Gasteiger partial charge is 0.0137 e. The first-order valence-electron chi connectivity index (χ1n) is 3.65. The molecule has 0 bridgehead atoms. The lowest BCUT2D eigenvalue weighted by Gasteiger charge is -2.07. The molecule has 1 N–H and O–H groups in total. The number of nitrogens with one attached hydrogen (secondary N) is 1. The Kier molecular flexibility index (Phi) is 5.64. The van der Waals surface area contributed by atoms with E-state index < -0.39 is 0 Å². The summed E-state index contributed by atoms with van der Waals surface area (Å²) in [5, 5.41) is 3.35. The molecular weight excluding hydrogens is 110 g/mol. The van der Waals surface area contributed by atoms with Gasteiger partial charge in [0.05, 0.1) is 0 Å². The fourth-order valence-corrected chi connectivity index (χ4v) is 0.531. The number of allylic oxidation sites excluding steroid dienone is 1. The predicted molar refractivity (Wildman–Crippen MR) is 42.6 cm³/mol. The minimum Gasteiger partial charge on any atom is -0.311 e. The molecule has 0 aromatic heterocycles. The summed E-state index contributed by atoms with van der Waals surface area (Å²) in [4.78, 5) is 0. The highest BCUT2D eigenvalue weighted by Crippen LogP contribution is 1.85. The van der Waals surface area contributed by atoms with Crippen molar-refractivity contribution >= 4 is 0 Å². The van der Waals surface area contributed by atoms with Gasteiger partial charge < -0.3 is 5.32 Å². The molecule has 0 aromatic carbocycles. The fourth-order valence-electron chi connectivity index (χ4n) is 0.531. The molecule has 0 radical (unpaired) electrons. The van der Waals surface area contributed by atoms with E-state index >= 15 is 0 Å². The van der Waals surface area contributed by atoms with Crippen molar-refractivity contribution < 1.29 is 0 Å². The van der Waals surface area contributed by atoms with Gasteiger partial charge in [-0.3, -0.25) is 0 Å². The van der Waals surface area contributed by atoms with Crippen molar-refractivity contribution in [3.05, 3.63) is 12.2 Å². The summed E-state index contributed by atoms with van der Waals surface area (Å²) in [6.45, 7) is 7.43. The van der Waals surface area contributed by atoms with Gasteiger partial charge in [0.25, 0.3) is 0 Å². The van der Waals surface area contributed by atoms with Crippen LogP contribution in [0.3, 0.4) is 0 Å². The molecule has 0 aliphatic rings. The molecule has 1 heteroatoms. The third kappa shape index (κ3) is 5.57. The zero-order chi connectivity index (χ0) is 7.11. The van der Waals surface area contributed by atoms with Gasteiger partial charge in [0.2, 0.25) is 0 Å². The molecule has 0 spiro atoms. The summed E-state index contributed by atoms with van der Waals surface area (Å²) < 4.78 is 0. The Labute approximate surface area is 58.2 Å². The highest BCUT2D eigenvalue weighted by atomic mass is 14.9. The Hall–Kier alpha value is -0.300. The number of hydrogen-bond donors (Lipinski definition) is 1. The van der Waals surface area contributed by atoms with Crippen LogP contribution in [0.4, 0.5) is 0 Å². The standard InChI is InChI=1S/C8H17N/c1-4-6-7-9-8(3)5-2/h4,6,8-9H,5,7H2,1-3H3/b6-4+/t8-/m0/s1. The maximum Gasteiger partial charge on any atom is 0.0137 e. The summed E-state index contributed by atoms with van der Waals surface area (Å²) >= 11 is 0. The Balaban J connectivity index is 3.06. The maximum absolute atomic E-state index is 3.35. The molecule has 0 saturated heterocycles. The van der Waals surface area contributed by atoms with Crippen LogP contribution in [0, 0.1) is 0 Å². The number of hydrogen-bond acceptors (Lipinski definition) is 1. The summed E-state index contributed by atoms with van der Waals surface area (Å²) in [7, 11) is 0. The van der Waals surface area contributed by atoms with Gasteiger partial charge in [0.15, 0.2) is 0 Å². The minimum absolute atomic E-state index is 0.654. The normalized spacial score (nSPS) is 14.6. The second kappa shape index (κ2) is 5.83.